The average Bonchev–Trinajstić information content (AvgIpc) is 3.16. The molecule has 0 unspecified atom stereocenters. The molecule has 0 aliphatic heterocycles. The van der Waals surface area contributed by atoms with Crippen LogP contribution in [0.5, 0.6) is 0 Å². The summed E-state index contributed by atoms with van der Waals surface area (Å²) in [6, 6.07) is 5.16. The third-order valence-electron chi connectivity index (χ3n) is 6.52. The Kier molecular flexibility index (Phi) is 3.95. The summed E-state index contributed by atoms with van der Waals surface area (Å²) >= 11 is 5.98. The quantitative estimate of drug-likeness (QED) is 0.833. The van der Waals surface area contributed by atoms with Crippen molar-refractivity contribution in [2.45, 2.75) is 40.0 Å². The van der Waals surface area contributed by atoms with Crippen LogP contribution in [0.1, 0.15) is 40.0 Å². The van der Waals surface area contributed by atoms with E-state index in [2.05, 4.69) is 41.6 Å². The van der Waals surface area contributed by atoms with Crippen molar-refractivity contribution < 1.29 is 9.63 Å². The van der Waals surface area contributed by atoms with Crippen molar-refractivity contribution in [3.05, 3.63) is 23.2 Å². The molecule has 0 saturated heterocycles. The van der Waals surface area contributed by atoms with Gasteiger partial charge in [0, 0.05) is 16.1 Å². The highest BCUT2D eigenvalue weighted by Gasteiger charge is 2.60. The highest BCUT2D eigenvalue weighted by molar-refractivity contribution is 6.31. The fourth-order valence-electron chi connectivity index (χ4n) is 4.35. The topological polar surface area (TPSA) is 81.4 Å². The van der Waals surface area contributed by atoms with Crippen molar-refractivity contribution in [2.24, 2.45) is 21.8 Å². The minimum atomic E-state index is -0.327. The molecule has 8 heteroatoms. The molecule has 1 N–H and O–H groups in total. The summed E-state index contributed by atoms with van der Waals surface area (Å²) in [6.07, 6.45) is 3.32. The zero-order valence-corrected chi connectivity index (χ0v) is 15.9. The van der Waals surface area contributed by atoms with Gasteiger partial charge in [-0.15, -0.1) is 5.10 Å². The van der Waals surface area contributed by atoms with Crippen LogP contribution in [-0.4, -0.2) is 33.4 Å². The van der Waals surface area contributed by atoms with Gasteiger partial charge in [-0.25, -0.2) is 5.43 Å². The Hall–Kier alpha value is -2.15. The first-order valence-corrected chi connectivity index (χ1v) is 9.19. The van der Waals surface area contributed by atoms with Gasteiger partial charge in [0.2, 0.25) is 0 Å². The van der Waals surface area contributed by atoms with E-state index in [0.29, 0.717) is 22.0 Å². The van der Waals surface area contributed by atoms with Crippen molar-refractivity contribution in [1.29, 1.82) is 0 Å². The van der Waals surface area contributed by atoms with Crippen LogP contribution < -0.4 is 10.3 Å². The molecule has 0 radical (unpaired) electrons. The second-order valence-electron chi connectivity index (χ2n) is 7.96. The van der Waals surface area contributed by atoms with Gasteiger partial charge in [0.15, 0.2) is 6.61 Å². The molecule has 2 aliphatic rings. The summed E-state index contributed by atoms with van der Waals surface area (Å²) in [7, 11) is 0. The molecule has 2 bridgehead atoms. The van der Waals surface area contributed by atoms with Crippen molar-refractivity contribution in [1.82, 2.24) is 20.6 Å². The Bertz CT molecular complexity index is 906. The standard InChI is InChI=1S/C18H22ClN5O2/c1-17(2)11-6-7-18(17,3)15(8-11)21-22-16(25)10-26-24-14-9-12(19)4-5-13(14)20-23-24/h4-5,9,11H,6-8,10H2,1-3H3,(H,22,25)/t11-,18+/m0/s1. The first-order chi connectivity index (χ1) is 12.3. The third kappa shape index (κ3) is 2.57. The van der Waals surface area contributed by atoms with Gasteiger partial charge in [-0.1, -0.05) is 37.2 Å². The molecule has 2 aliphatic carbocycles. The van der Waals surface area contributed by atoms with Crippen LogP contribution in [0.25, 0.3) is 11.0 Å². The number of amides is 1. The summed E-state index contributed by atoms with van der Waals surface area (Å²) < 4.78 is 0. The van der Waals surface area contributed by atoms with Crippen LogP contribution in [-0.2, 0) is 4.79 Å². The zero-order chi connectivity index (χ0) is 18.5. The van der Waals surface area contributed by atoms with Crippen molar-refractivity contribution >= 4 is 34.3 Å². The van der Waals surface area contributed by atoms with E-state index in [1.807, 2.05) is 0 Å². The molecule has 1 aromatic carbocycles. The first-order valence-electron chi connectivity index (χ1n) is 8.81. The fourth-order valence-corrected chi connectivity index (χ4v) is 4.51. The van der Waals surface area contributed by atoms with E-state index in [1.165, 1.54) is 11.3 Å². The summed E-state index contributed by atoms with van der Waals surface area (Å²) in [6.45, 7) is 6.66. The van der Waals surface area contributed by atoms with Gasteiger partial charge in [-0.2, -0.15) is 5.10 Å². The molecule has 2 fully saturated rings. The molecule has 7 nitrogen and oxygen atoms in total. The van der Waals surface area contributed by atoms with Gasteiger partial charge in [-0.05, 0) is 54.0 Å². The molecular formula is C18H22ClN5O2. The van der Waals surface area contributed by atoms with Crippen molar-refractivity contribution in [3.8, 4) is 0 Å². The summed E-state index contributed by atoms with van der Waals surface area (Å²) in [5.74, 6) is 0.318. The number of carbonyl (C=O) groups is 1. The number of hydrogen-bond acceptors (Lipinski definition) is 5. The van der Waals surface area contributed by atoms with Gasteiger partial charge < -0.3 is 4.84 Å². The van der Waals surface area contributed by atoms with Gasteiger partial charge in [-0.3, -0.25) is 4.79 Å². The third-order valence-corrected chi connectivity index (χ3v) is 6.76. The number of benzene rings is 1. The first kappa shape index (κ1) is 17.3. The van der Waals surface area contributed by atoms with E-state index in [0.717, 1.165) is 18.6 Å². The zero-order valence-electron chi connectivity index (χ0n) is 15.1. The Balaban J connectivity index is 1.40. The lowest BCUT2D eigenvalue weighted by Crippen LogP contribution is -2.35. The maximum Gasteiger partial charge on any atom is 0.280 e. The van der Waals surface area contributed by atoms with Crippen LogP contribution in [0.2, 0.25) is 5.02 Å². The summed E-state index contributed by atoms with van der Waals surface area (Å²) in [5, 5.41) is 12.8. The summed E-state index contributed by atoms with van der Waals surface area (Å²) in [4.78, 5) is 18.8. The smallest absolute Gasteiger partial charge is 0.280 e. The Morgan fingerprint density at radius 2 is 2.27 bits per heavy atom. The number of nitrogens with one attached hydrogen (secondary N) is 1. The lowest BCUT2D eigenvalue weighted by molar-refractivity contribution is -0.126. The molecule has 1 heterocycles. The SMILES string of the molecule is CC1(C)[C@H]2CC[C@]1(C)C(=NNC(=O)COn1nnc3ccc(Cl)cc31)C2. The largest absolute Gasteiger partial charge is 0.385 e. The van der Waals surface area contributed by atoms with Gasteiger partial charge in [0.1, 0.15) is 11.0 Å². The van der Waals surface area contributed by atoms with Gasteiger partial charge in [0.05, 0.1) is 0 Å². The Morgan fingerprint density at radius 1 is 1.46 bits per heavy atom. The van der Waals surface area contributed by atoms with Gasteiger partial charge in [0.25, 0.3) is 5.91 Å². The molecule has 1 aromatic heterocycles. The molecule has 2 aromatic rings. The lowest BCUT2D eigenvalue weighted by Gasteiger charge is -2.34. The maximum atomic E-state index is 12.1. The highest BCUT2D eigenvalue weighted by atomic mass is 35.5. The molecule has 1 amide bonds. The van der Waals surface area contributed by atoms with Crippen LogP contribution >= 0.6 is 11.6 Å². The second kappa shape index (κ2) is 5.94. The number of halogens is 1. The van der Waals surface area contributed by atoms with Gasteiger partial charge >= 0.3 is 0 Å². The van der Waals surface area contributed by atoms with E-state index in [1.54, 1.807) is 18.2 Å². The highest BCUT2D eigenvalue weighted by Crippen LogP contribution is 2.63. The number of hydrazone groups is 1. The number of carbonyl (C=O) groups excluding carboxylic acids is 1. The Morgan fingerprint density at radius 3 is 2.96 bits per heavy atom. The number of aromatic nitrogens is 3. The minimum Gasteiger partial charge on any atom is -0.385 e. The van der Waals surface area contributed by atoms with E-state index in [9.17, 15) is 4.79 Å². The van der Waals surface area contributed by atoms with E-state index in [4.69, 9.17) is 16.4 Å². The van der Waals surface area contributed by atoms with Crippen molar-refractivity contribution in [2.75, 3.05) is 6.61 Å². The van der Waals surface area contributed by atoms with Crippen LogP contribution in [0.4, 0.5) is 0 Å². The second-order valence-corrected chi connectivity index (χ2v) is 8.39. The number of fused-ring (bicyclic) bond motifs is 3. The molecule has 0 spiro atoms. The number of nitrogens with zero attached hydrogens (tertiary/aromatic N) is 4. The number of rotatable bonds is 4. The normalized spacial score (nSPS) is 28.0. The molecule has 2 saturated carbocycles. The molecule has 138 valence electrons. The van der Waals surface area contributed by atoms with E-state index < -0.39 is 0 Å². The Labute approximate surface area is 156 Å². The van der Waals surface area contributed by atoms with Crippen molar-refractivity contribution in [3.63, 3.8) is 0 Å². The minimum absolute atomic E-state index is 0.0602. The fraction of sp³-hybridized carbons (Fsp3) is 0.556. The predicted octanol–water partition coefficient (Wildman–Crippen LogP) is 2.83. The van der Waals surface area contributed by atoms with E-state index in [-0.39, 0.29) is 23.3 Å². The lowest BCUT2D eigenvalue weighted by atomic mass is 9.70. The molecule has 26 heavy (non-hydrogen) atoms. The average molecular weight is 376 g/mol. The monoisotopic (exact) mass is 375 g/mol. The molecular weight excluding hydrogens is 354 g/mol. The maximum absolute atomic E-state index is 12.1. The van der Waals surface area contributed by atoms with Crippen LogP contribution in [0.3, 0.4) is 0 Å². The predicted molar refractivity (Wildman–Crippen MR) is 98.8 cm³/mol. The van der Waals surface area contributed by atoms with Crippen LogP contribution in [0.15, 0.2) is 23.3 Å². The van der Waals surface area contributed by atoms with Crippen LogP contribution in [0, 0.1) is 16.7 Å². The summed E-state index contributed by atoms with van der Waals surface area (Å²) in [5.41, 5.74) is 5.26. The molecule has 4 rings (SSSR count). The molecule has 2 atom stereocenters. The van der Waals surface area contributed by atoms with E-state index >= 15 is 0 Å². The number of hydrogen-bond donors (Lipinski definition) is 1.